The second-order valence-electron chi connectivity index (χ2n) is 5.78. The molecule has 7 nitrogen and oxygen atoms in total. The molecule has 2 rings (SSSR count). The molecule has 0 bridgehead atoms. The lowest BCUT2D eigenvalue weighted by molar-refractivity contribution is -0.140. The summed E-state index contributed by atoms with van der Waals surface area (Å²) in [6.45, 7) is 0.251. The first-order chi connectivity index (χ1) is 13.3. The lowest BCUT2D eigenvalue weighted by Crippen LogP contribution is -2.25. The van der Waals surface area contributed by atoms with Crippen LogP contribution >= 0.6 is 23.2 Å². The van der Waals surface area contributed by atoms with Gasteiger partial charge < -0.3 is 20.5 Å². The van der Waals surface area contributed by atoms with E-state index in [1.54, 1.807) is 0 Å². The highest BCUT2D eigenvalue weighted by atomic mass is 35.5. The third-order valence-corrected chi connectivity index (χ3v) is 4.13. The van der Waals surface area contributed by atoms with Crippen LogP contribution in [0, 0.1) is 0 Å². The highest BCUT2D eigenvalue weighted by molar-refractivity contribution is 6.35. The summed E-state index contributed by atoms with van der Waals surface area (Å²) in [6, 6.07) is 8.54. The number of ether oxygens (including phenoxy) is 1. The average molecular weight is 425 g/mol. The van der Waals surface area contributed by atoms with Crippen molar-refractivity contribution < 1.29 is 24.2 Å². The fourth-order valence-electron chi connectivity index (χ4n) is 2.32. The second-order valence-corrected chi connectivity index (χ2v) is 6.65. The molecule has 3 N–H and O–H groups in total. The van der Waals surface area contributed by atoms with Gasteiger partial charge in [-0.3, -0.25) is 14.4 Å². The quantitative estimate of drug-likeness (QED) is 0.464. The van der Waals surface area contributed by atoms with E-state index in [4.69, 9.17) is 23.2 Å². The number of aromatic hydroxyl groups is 1. The standard InChI is InChI=1S/C19H18Cl2N2O5/c1-28-17(25)3-2-6-22-19(27)15-5-4-14(10-16(15)24)23-18(26)11-7-12(20)9-13(21)8-11/h4-5,7-10,24H,2-3,6H2,1H3,(H,22,27)(H,23,26). The molecule has 0 unspecified atom stereocenters. The van der Waals surface area contributed by atoms with Gasteiger partial charge in [0.05, 0.1) is 12.7 Å². The number of carbonyl (C=O) groups is 3. The Hall–Kier alpha value is -2.77. The Morgan fingerprint density at radius 1 is 1.04 bits per heavy atom. The molecule has 0 saturated heterocycles. The molecule has 0 spiro atoms. The van der Waals surface area contributed by atoms with Crippen LogP contribution in [0.15, 0.2) is 36.4 Å². The van der Waals surface area contributed by atoms with Crippen LogP contribution in [0.4, 0.5) is 5.69 Å². The average Bonchev–Trinajstić information content (AvgIpc) is 2.64. The molecule has 0 aliphatic heterocycles. The smallest absolute Gasteiger partial charge is 0.305 e. The van der Waals surface area contributed by atoms with Gasteiger partial charge in [0.2, 0.25) is 0 Å². The van der Waals surface area contributed by atoms with E-state index in [0.717, 1.165) is 0 Å². The third kappa shape index (κ3) is 6.14. The summed E-state index contributed by atoms with van der Waals surface area (Å²) in [5, 5.41) is 15.9. The molecule has 28 heavy (non-hydrogen) atoms. The first-order valence-electron chi connectivity index (χ1n) is 8.25. The molecule has 0 aliphatic rings. The largest absolute Gasteiger partial charge is 0.507 e. The van der Waals surface area contributed by atoms with Crippen LogP contribution in [0.3, 0.4) is 0 Å². The number of methoxy groups -OCH3 is 1. The maximum Gasteiger partial charge on any atom is 0.305 e. The Balaban J connectivity index is 1.98. The van der Waals surface area contributed by atoms with Crippen molar-refractivity contribution in [2.75, 3.05) is 19.0 Å². The molecule has 2 amide bonds. The van der Waals surface area contributed by atoms with Gasteiger partial charge in [0.1, 0.15) is 5.75 Å². The molecule has 2 aromatic carbocycles. The predicted molar refractivity (Wildman–Crippen MR) is 106 cm³/mol. The maximum atomic E-state index is 12.3. The minimum atomic E-state index is -0.498. The number of benzene rings is 2. The highest BCUT2D eigenvalue weighted by Gasteiger charge is 2.14. The molecule has 148 valence electrons. The van der Waals surface area contributed by atoms with Gasteiger partial charge in [0.25, 0.3) is 11.8 Å². The number of hydrogen-bond donors (Lipinski definition) is 3. The molecule has 0 fully saturated rings. The van der Waals surface area contributed by atoms with Crippen molar-refractivity contribution in [3.63, 3.8) is 0 Å². The molecule has 0 aromatic heterocycles. The van der Waals surface area contributed by atoms with E-state index in [2.05, 4.69) is 15.4 Å². The number of halogens is 2. The normalized spacial score (nSPS) is 10.2. The number of phenols is 1. The molecule has 0 radical (unpaired) electrons. The number of amides is 2. The number of esters is 1. The lowest BCUT2D eigenvalue weighted by Gasteiger charge is -2.10. The van der Waals surface area contributed by atoms with E-state index in [1.165, 1.54) is 43.5 Å². The molecular formula is C19H18Cl2N2O5. The SMILES string of the molecule is COC(=O)CCCNC(=O)c1ccc(NC(=O)c2cc(Cl)cc(Cl)c2)cc1O. The minimum Gasteiger partial charge on any atom is -0.507 e. The molecule has 0 aliphatic carbocycles. The molecule has 9 heteroatoms. The first-order valence-corrected chi connectivity index (χ1v) is 9.01. The van der Waals surface area contributed by atoms with Crippen LogP contribution in [0.25, 0.3) is 0 Å². The van der Waals surface area contributed by atoms with Crippen LogP contribution in [-0.4, -0.2) is 36.5 Å². The zero-order valence-corrected chi connectivity index (χ0v) is 16.4. The zero-order chi connectivity index (χ0) is 20.7. The van der Waals surface area contributed by atoms with Crippen LogP contribution in [-0.2, 0) is 9.53 Å². The van der Waals surface area contributed by atoms with Crippen LogP contribution < -0.4 is 10.6 Å². The van der Waals surface area contributed by atoms with Gasteiger partial charge in [-0.05, 0) is 36.8 Å². The van der Waals surface area contributed by atoms with E-state index >= 15 is 0 Å². The van der Waals surface area contributed by atoms with Crippen molar-refractivity contribution in [1.29, 1.82) is 0 Å². The van der Waals surface area contributed by atoms with Crippen LogP contribution in [0.5, 0.6) is 5.75 Å². The van der Waals surface area contributed by atoms with Gasteiger partial charge in [-0.15, -0.1) is 0 Å². The van der Waals surface area contributed by atoms with Crippen LogP contribution in [0.1, 0.15) is 33.6 Å². The Kier molecular flexibility index (Phi) is 7.66. The second kappa shape index (κ2) is 9.96. The number of rotatable bonds is 7. The number of phenolic OH excluding ortho intramolecular Hbond substituents is 1. The van der Waals surface area contributed by atoms with Crippen molar-refractivity contribution in [2.24, 2.45) is 0 Å². The van der Waals surface area contributed by atoms with E-state index in [9.17, 15) is 19.5 Å². The van der Waals surface area contributed by atoms with Crippen molar-refractivity contribution in [2.45, 2.75) is 12.8 Å². The summed E-state index contributed by atoms with van der Waals surface area (Å²) in [5.41, 5.74) is 0.590. The summed E-state index contributed by atoms with van der Waals surface area (Å²) in [7, 11) is 1.29. The first kappa shape index (κ1) is 21.5. The fourth-order valence-corrected chi connectivity index (χ4v) is 2.85. The highest BCUT2D eigenvalue weighted by Crippen LogP contribution is 2.24. The van der Waals surface area contributed by atoms with E-state index in [0.29, 0.717) is 22.2 Å². The van der Waals surface area contributed by atoms with Crippen molar-refractivity contribution in [3.05, 3.63) is 57.6 Å². The monoisotopic (exact) mass is 424 g/mol. The fraction of sp³-hybridized carbons (Fsp3) is 0.211. The summed E-state index contributed by atoms with van der Waals surface area (Å²) >= 11 is 11.8. The van der Waals surface area contributed by atoms with Gasteiger partial charge in [0, 0.05) is 40.3 Å². The summed E-state index contributed by atoms with van der Waals surface area (Å²) in [4.78, 5) is 35.4. The van der Waals surface area contributed by atoms with Gasteiger partial charge in [-0.1, -0.05) is 23.2 Å². The predicted octanol–water partition coefficient (Wildman–Crippen LogP) is 3.63. The van der Waals surface area contributed by atoms with Gasteiger partial charge in [0.15, 0.2) is 0 Å². The molecule has 0 heterocycles. The summed E-state index contributed by atoms with van der Waals surface area (Å²) in [5.74, 6) is -1.63. The lowest BCUT2D eigenvalue weighted by atomic mass is 10.1. The molecular weight excluding hydrogens is 407 g/mol. The maximum absolute atomic E-state index is 12.3. The Morgan fingerprint density at radius 2 is 1.71 bits per heavy atom. The number of anilines is 1. The van der Waals surface area contributed by atoms with Gasteiger partial charge >= 0.3 is 5.97 Å². The van der Waals surface area contributed by atoms with E-state index in [-0.39, 0.29) is 35.8 Å². The number of nitrogens with one attached hydrogen (secondary N) is 2. The van der Waals surface area contributed by atoms with E-state index < -0.39 is 11.8 Å². The summed E-state index contributed by atoms with van der Waals surface area (Å²) in [6.07, 6.45) is 0.594. The van der Waals surface area contributed by atoms with E-state index in [1.807, 2.05) is 0 Å². The van der Waals surface area contributed by atoms with Crippen molar-refractivity contribution in [1.82, 2.24) is 5.32 Å². The molecule has 0 saturated carbocycles. The van der Waals surface area contributed by atoms with Gasteiger partial charge in [-0.25, -0.2) is 0 Å². The van der Waals surface area contributed by atoms with Crippen LogP contribution in [0.2, 0.25) is 10.0 Å². The number of carbonyl (C=O) groups excluding carboxylic acids is 3. The summed E-state index contributed by atoms with van der Waals surface area (Å²) < 4.78 is 4.51. The van der Waals surface area contributed by atoms with Gasteiger partial charge in [-0.2, -0.15) is 0 Å². The number of hydrogen-bond acceptors (Lipinski definition) is 5. The Labute approximate surface area is 171 Å². The Bertz CT molecular complexity index is 882. The minimum absolute atomic E-state index is 0.0434. The molecule has 2 aromatic rings. The molecule has 0 atom stereocenters. The third-order valence-electron chi connectivity index (χ3n) is 3.70. The topological polar surface area (TPSA) is 105 Å². The van der Waals surface area contributed by atoms with Crippen molar-refractivity contribution >= 4 is 46.7 Å². The Morgan fingerprint density at radius 3 is 2.32 bits per heavy atom. The zero-order valence-electron chi connectivity index (χ0n) is 14.9. The van der Waals surface area contributed by atoms with Crippen molar-refractivity contribution in [3.8, 4) is 5.75 Å².